The molecule has 0 saturated heterocycles. The molecule has 0 bridgehead atoms. The van der Waals surface area contributed by atoms with E-state index in [-0.39, 0.29) is 10.7 Å². The highest BCUT2D eigenvalue weighted by Crippen LogP contribution is 2.17. The first-order valence-electron chi connectivity index (χ1n) is 4.12. The summed E-state index contributed by atoms with van der Waals surface area (Å²) in [5, 5.41) is 12.6. The molecular formula is C9H8BrN3O2S. The SMILES string of the molecule is NC(=S)NN=Cc1ccc(C(=O)O)c(Br)c1. The van der Waals surface area contributed by atoms with Crippen LogP contribution in [0.15, 0.2) is 27.8 Å². The van der Waals surface area contributed by atoms with Crippen LogP contribution in [0.5, 0.6) is 0 Å². The van der Waals surface area contributed by atoms with Crippen molar-refractivity contribution >= 4 is 45.4 Å². The summed E-state index contributed by atoms with van der Waals surface area (Å²) < 4.78 is 0.485. The summed E-state index contributed by atoms with van der Waals surface area (Å²) >= 11 is 7.71. The maximum Gasteiger partial charge on any atom is 0.336 e. The molecule has 0 aliphatic rings. The molecule has 7 heteroatoms. The Morgan fingerprint density at radius 2 is 2.31 bits per heavy atom. The lowest BCUT2D eigenvalue weighted by molar-refractivity contribution is 0.0696. The van der Waals surface area contributed by atoms with Crippen LogP contribution in [0, 0.1) is 0 Å². The van der Waals surface area contributed by atoms with Crippen molar-refractivity contribution in [1.82, 2.24) is 5.43 Å². The molecule has 5 nitrogen and oxygen atoms in total. The van der Waals surface area contributed by atoms with Crippen LogP contribution >= 0.6 is 28.1 Å². The number of hydrogen-bond donors (Lipinski definition) is 3. The second kappa shape index (κ2) is 5.57. The van der Waals surface area contributed by atoms with Crippen LogP contribution in [-0.2, 0) is 0 Å². The summed E-state index contributed by atoms with van der Waals surface area (Å²) in [6, 6.07) is 4.74. The van der Waals surface area contributed by atoms with E-state index in [1.807, 2.05) is 0 Å². The van der Waals surface area contributed by atoms with Crippen molar-refractivity contribution in [1.29, 1.82) is 0 Å². The van der Waals surface area contributed by atoms with Gasteiger partial charge in [0, 0.05) is 4.47 Å². The van der Waals surface area contributed by atoms with Crippen LogP contribution < -0.4 is 11.2 Å². The van der Waals surface area contributed by atoms with Crippen molar-refractivity contribution in [3.63, 3.8) is 0 Å². The standard InChI is InChI=1S/C9H8BrN3O2S/c10-7-3-5(4-12-13-9(11)16)1-2-6(7)8(14)15/h1-4H,(H,14,15)(H3,11,13,16). The number of hydrazone groups is 1. The summed E-state index contributed by atoms with van der Waals surface area (Å²) in [6.45, 7) is 0. The first-order chi connectivity index (χ1) is 7.50. The minimum Gasteiger partial charge on any atom is -0.478 e. The molecular weight excluding hydrogens is 294 g/mol. The van der Waals surface area contributed by atoms with E-state index in [0.717, 1.165) is 5.56 Å². The molecule has 84 valence electrons. The third kappa shape index (κ3) is 3.59. The van der Waals surface area contributed by atoms with Gasteiger partial charge in [0.25, 0.3) is 0 Å². The van der Waals surface area contributed by atoms with Gasteiger partial charge in [0.05, 0.1) is 11.8 Å². The zero-order valence-electron chi connectivity index (χ0n) is 7.98. The number of benzene rings is 1. The number of nitrogens with one attached hydrogen (secondary N) is 1. The van der Waals surface area contributed by atoms with Crippen molar-refractivity contribution in [2.24, 2.45) is 10.8 Å². The van der Waals surface area contributed by atoms with E-state index in [0.29, 0.717) is 4.47 Å². The Hall–Kier alpha value is -1.47. The third-order valence-electron chi connectivity index (χ3n) is 1.61. The minimum absolute atomic E-state index is 0.0671. The van der Waals surface area contributed by atoms with Gasteiger partial charge in [-0.15, -0.1) is 0 Å². The van der Waals surface area contributed by atoms with Gasteiger partial charge in [0.1, 0.15) is 0 Å². The fourth-order valence-corrected chi connectivity index (χ4v) is 1.57. The molecule has 16 heavy (non-hydrogen) atoms. The third-order valence-corrected chi connectivity index (χ3v) is 2.36. The van der Waals surface area contributed by atoms with Gasteiger partial charge in [0.2, 0.25) is 0 Å². The van der Waals surface area contributed by atoms with Crippen molar-refractivity contribution in [3.8, 4) is 0 Å². The van der Waals surface area contributed by atoms with Crippen LogP contribution in [0.1, 0.15) is 15.9 Å². The highest BCUT2D eigenvalue weighted by molar-refractivity contribution is 9.10. The number of nitrogens with two attached hydrogens (primary N) is 1. The zero-order valence-corrected chi connectivity index (χ0v) is 10.4. The first-order valence-corrected chi connectivity index (χ1v) is 5.32. The normalized spacial score (nSPS) is 10.3. The number of thiocarbonyl (C=S) groups is 1. The predicted octanol–water partition coefficient (Wildman–Crippen LogP) is 1.31. The Morgan fingerprint density at radius 3 is 2.81 bits per heavy atom. The molecule has 1 aromatic rings. The topological polar surface area (TPSA) is 87.7 Å². The van der Waals surface area contributed by atoms with Crippen molar-refractivity contribution in [2.45, 2.75) is 0 Å². The lowest BCUT2D eigenvalue weighted by atomic mass is 10.1. The van der Waals surface area contributed by atoms with Crippen LogP contribution in [0.4, 0.5) is 0 Å². The van der Waals surface area contributed by atoms with Crippen molar-refractivity contribution in [2.75, 3.05) is 0 Å². The van der Waals surface area contributed by atoms with Crippen LogP contribution in [0.25, 0.3) is 0 Å². The summed E-state index contributed by atoms with van der Waals surface area (Å²) in [4.78, 5) is 10.7. The Balaban J connectivity index is 2.85. The molecule has 0 fully saturated rings. The van der Waals surface area contributed by atoms with Crippen LogP contribution in [0.3, 0.4) is 0 Å². The van der Waals surface area contributed by atoms with Gasteiger partial charge >= 0.3 is 5.97 Å². The molecule has 0 radical (unpaired) electrons. The number of aromatic carboxylic acids is 1. The molecule has 0 amide bonds. The van der Waals surface area contributed by atoms with Gasteiger partial charge in [0.15, 0.2) is 5.11 Å². The Morgan fingerprint density at radius 1 is 1.62 bits per heavy atom. The second-order valence-corrected chi connectivity index (χ2v) is 4.07. The van der Waals surface area contributed by atoms with Gasteiger partial charge in [-0.3, -0.25) is 5.43 Å². The number of carbonyl (C=O) groups is 1. The van der Waals surface area contributed by atoms with E-state index >= 15 is 0 Å². The Kier molecular flexibility index (Phi) is 4.39. The average Bonchev–Trinajstić information content (AvgIpc) is 2.16. The number of carboxylic acid groups (broad SMARTS) is 1. The molecule has 1 aromatic carbocycles. The van der Waals surface area contributed by atoms with Gasteiger partial charge < -0.3 is 10.8 Å². The largest absolute Gasteiger partial charge is 0.478 e. The molecule has 0 aliphatic carbocycles. The van der Waals surface area contributed by atoms with E-state index in [4.69, 9.17) is 10.8 Å². The molecule has 0 aliphatic heterocycles. The van der Waals surface area contributed by atoms with Crippen molar-refractivity contribution in [3.05, 3.63) is 33.8 Å². The maximum atomic E-state index is 10.7. The monoisotopic (exact) mass is 301 g/mol. The van der Waals surface area contributed by atoms with Crippen molar-refractivity contribution < 1.29 is 9.90 Å². The second-order valence-electron chi connectivity index (χ2n) is 2.78. The molecule has 0 heterocycles. The smallest absolute Gasteiger partial charge is 0.336 e. The molecule has 4 N–H and O–H groups in total. The lowest BCUT2D eigenvalue weighted by Gasteiger charge is -2.00. The fourth-order valence-electron chi connectivity index (χ4n) is 0.956. The van der Waals surface area contributed by atoms with Crippen LogP contribution in [-0.4, -0.2) is 22.4 Å². The first kappa shape index (κ1) is 12.6. The number of hydrogen-bond acceptors (Lipinski definition) is 3. The number of halogens is 1. The van der Waals surface area contributed by atoms with E-state index in [9.17, 15) is 4.79 Å². The maximum absolute atomic E-state index is 10.7. The minimum atomic E-state index is -0.989. The van der Waals surface area contributed by atoms with Gasteiger partial charge in [-0.1, -0.05) is 6.07 Å². The average molecular weight is 302 g/mol. The zero-order chi connectivity index (χ0) is 12.1. The Labute approximate surface area is 105 Å². The van der Waals surface area contributed by atoms with E-state index in [1.165, 1.54) is 12.3 Å². The van der Waals surface area contributed by atoms with E-state index < -0.39 is 5.97 Å². The lowest BCUT2D eigenvalue weighted by Crippen LogP contribution is -2.23. The molecule has 1 rings (SSSR count). The summed E-state index contributed by atoms with van der Waals surface area (Å²) in [5.74, 6) is -0.989. The summed E-state index contributed by atoms with van der Waals surface area (Å²) in [5.41, 5.74) is 8.48. The predicted molar refractivity (Wildman–Crippen MR) is 68.6 cm³/mol. The summed E-state index contributed by atoms with van der Waals surface area (Å²) in [7, 11) is 0. The molecule has 0 spiro atoms. The molecule has 0 saturated carbocycles. The van der Waals surface area contributed by atoms with Gasteiger partial charge in [-0.05, 0) is 45.8 Å². The van der Waals surface area contributed by atoms with E-state index in [1.54, 1.807) is 12.1 Å². The molecule has 0 unspecified atom stereocenters. The van der Waals surface area contributed by atoms with Gasteiger partial charge in [-0.2, -0.15) is 5.10 Å². The number of rotatable bonds is 3. The Bertz CT molecular complexity index is 462. The quantitative estimate of drug-likeness (QED) is 0.445. The number of nitrogens with zero attached hydrogens (tertiary/aromatic N) is 1. The van der Waals surface area contributed by atoms with E-state index in [2.05, 4.69) is 38.7 Å². The summed E-state index contributed by atoms with van der Waals surface area (Å²) in [6.07, 6.45) is 1.48. The van der Waals surface area contributed by atoms with Crippen LogP contribution in [0.2, 0.25) is 0 Å². The molecule has 0 atom stereocenters. The highest BCUT2D eigenvalue weighted by atomic mass is 79.9. The molecule has 0 aromatic heterocycles. The van der Waals surface area contributed by atoms with Gasteiger partial charge in [-0.25, -0.2) is 4.79 Å². The fraction of sp³-hybridized carbons (Fsp3) is 0. The highest BCUT2D eigenvalue weighted by Gasteiger charge is 2.07. The number of carboxylic acids is 1.